The van der Waals surface area contributed by atoms with Gasteiger partial charge in [-0.3, -0.25) is 4.99 Å². The minimum atomic E-state index is 0.551. The quantitative estimate of drug-likeness (QED) is 0.720. The Bertz CT molecular complexity index is 385. The van der Waals surface area contributed by atoms with Crippen LogP contribution in [0, 0.1) is 0 Å². The van der Waals surface area contributed by atoms with Gasteiger partial charge in [0.05, 0.1) is 11.0 Å². The lowest BCUT2D eigenvalue weighted by Gasteiger charge is -2.31. The van der Waals surface area contributed by atoms with Crippen LogP contribution < -0.4 is 0 Å². The molecule has 3 rings (SSSR count). The summed E-state index contributed by atoms with van der Waals surface area (Å²) in [5.74, 6) is 1.16. The van der Waals surface area contributed by atoms with Crippen LogP contribution in [0.1, 0.15) is 11.1 Å². The summed E-state index contributed by atoms with van der Waals surface area (Å²) in [5.41, 5.74) is 4.05. The van der Waals surface area contributed by atoms with Crippen molar-refractivity contribution < 1.29 is 0 Å². The summed E-state index contributed by atoms with van der Waals surface area (Å²) in [4.78, 5) is 8.39. The summed E-state index contributed by atoms with van der Waals surface area (Å²) in [7, 11) is 0. The number of hydrogen-bond donors (Lipinski definition) is 1. The van der Waals surface area contributed by atoms with E-state index in [0.717, 1.165) is 18.7 Å². The minimum absolute atomic E-state index is 0.551. The Morgan fingerprint density at radius 2 is 2.43 bits per heavy atom. The van der Waals surface area contributed by atoms with E-state index in [-0.39, 0.29) is 0 Å². The molecule has 2 atom stereocenters. The second-order valence-corrected chi connectivity index (χ2v) is 6.10. The molecular weight excluding hydrogens is 260 g/mol. The van der Waals surface area contributed by atoms with Gasteiger partial charge in [0.25, 0.3) is 0 Å². The highest BCUT2D eigenvalue weighted by Gasteiger charge is 2.34. The molecule has 2 unspecified atom stereocenters. The van der Waals surface area contributed by atoms with Crippen molar-refractivity contribution in [2.45, 2.75) is 16.5 Å². The lowest BCUT2D eigenvalue weighted by atomic mass is 9.93. The van der Waals surface area contributed by atoms with E-state index in [2.05, 4.69) is 38.3 Å². The summed E-state index contributed by atoms with van der Waals surface area (Å²) < 4.78 is 0. The van der Waals surface area contributed by atoms with Crippen LogP contribution in [0.25, 0.3) is 0 Å². The van der Waals surface area contributed by atoms with Gasteiger partial charge in [0.15, 0.2) is 0 Å². The second-order valence-electron chi connectivity index (χ2n) is 3.67. The number of aromatic nitrogens is 1. The highest BCUT2D eigenvalue weighted by Crippen LogP contribution is 2.35. The summed E-state index contributed by atoms with van der Waals surface area (Å²) in [6, 6.07) is 0. The van der Waals surface area contributed by atoms with Gasteiger partial charge in [-0.25, -0.2) is 0 Å². The average Bonchev–Trinajstić information content (AvgIpc) is 2.66. The summed E-state index contributed by atoms with van der Waals surface area (Å²) in [5, 5.41) is 0.562. The molecule has 1 aliphatic heterocycles. The summed E-state index contributed by atoms with van der Waals surface area (Å²) in [6.45, 7) is 0.973. The fourth-order valence-corrected chi connectivity index (χ4v) is 4.32. The molecule has 0 spiro atoms. The van der Waals surface area contributed by atoms with Crippen LogP contribution >= 0.6 is 27.7 Å². The van der Waals surface area contributed by atoms with Crippen molar-refractivity contribution >= 4 is 33.4 Å². The number of thioether (sulfide) groups is 1. The summed E-state index contributed by atoms with van der Waals surface area (Å²) in [6.07, 6.45) is 5.31. The molecule has 0 bridgehead atoms. The van der Waals surface area contributed by atoms with Gasteiger partial charge in [0.2, 0.25) is 0 Å². The number of hydrogen-bond acceptors (Lipinski definition) is 2. The number of halogens is 1. The molecule has 0 saturated heterocycles. The van der Waals surface area contributed by atoms with Crippen molar-refractivity contribution in [3.05, 3.63) is 23.5 Å². The third-order valence-corrected chi connectivity index (χ3v) is 5.32. The van der Waals surface area contributed by atoms with E-state index in [9.17, 15) is 0 Å². The molecule has 2 aliphatic rings. The first kappa shape index (κ1) is 9.04. The second kappa shape index (κ2) is 3.42. The number of nitrogens with zero attached hydrogens (tertiary/aromatic N) is 1. The van der Waals surface area contributed by atoms with Crippen molar-refractivity contribution in [2.75, 3.05) is 12.3 Å². The average molecular weight is 271 g/mol. The maximum atomic E-state index is 4.66. The van der Waals surface area contributed by atoms with Gasteiger partial charge in [-0.1, -0.05) is 15.9 Å². The van der Waals surface area contributed by atoms with E-state index >= 15 is 0 Å². The van der Waals surface area contributed by atoms with Crippen LogP contribution in [-0.4, -0.2) is 33.1 Å². The first-order valence-corrected chi connectivity index (χ1v) is 6.79. The summed E-state index contributed by atoms with van der Waals surface area (Å²) >= 11 is 5.80. The minimum Gasteiger partial charge on any atom is -0.367 e. The molecule has 1 N–H and O–H groups in total. The van der Waals surface area contributed by atoms with Gasteiger partial charge in [-0.2, -0.15) is 0 Å². The lowest BCUT2D eigenvalue weighted by molar-refractivity contribution is 0.874. The normalized spacial score (nSPS) is 30.5. The largest absolute Gasteiger partial charge is 0.367 e. The number of aliphatic imine (C=N–C) groups is 1. The van der Waals surface area contributed by atoms with E-state index in [1.54, 1.807) is 0 Å². The third-order valence-electron chi connectivity index (χ3n) is 2.79. The number of rotatable bonds is 0. The zero-order valence-electron chi connectivity index (χ0n) is 7.66. The SMILES string of the molecule is BrC1Cc2c[nH]cc2C2=NCCSC21. The number of alkyl halides is 1. The van der Waals surface area contributed by atoms with Gasteiger partial charge in [0, 0.05) is 35.1 Å². The number of H-pyrrole nitrogens is 1. The fraction of sp³-hybridized carbons (Fsp3) is 0.500. The number of aromatic amines is 1. The topological polar surface area (TPSA) is 28.1 Å². The van der Waals surface area contributed by atoms with Crippen LogP contribution in [0.15, 0.2) is 17.4 Å². The Kier molecular flexibility index (Phi) is 2.21. The smallest absolute Gasteiger partial charge is 0.0601 e. The Hall–Kier alpha value is -0.220. The molecule has 74 valence electrons. The Morgan fingerprint density at radius 3 is 3.36 bits per heavy atom. The highest BCUT2D eigenvalue weighted by molar-refractivity contribution is 9.09. The van der Waals surface area contributed by atoms with Gasteiger partial charge < -0.3 is 4.98 Å². The Labute approximate surface area is 95.7 Å². The molecular formula is C10H11BrN2S. The van der Waals surface area contributed by atoms with Crippen molar-refractivity contribution in [1.29, 1.82) is 0 Å². The van der Waals surface area contributed by atoms with E-state index in [4.69, 9.17) is 0 Å². The van der Waals surface area contributed by atoms with E-state index in [1.807, 2.05) is 11.8 Å². The van der Waals surface area contributed by atoms with Crippen molar-refractivity contribution in [3.8, 4) is 0 Å². The first-order chi connectivity index (χ1) is 6.86. The Morgan fingerprint density at radius 1 is 1.50 bits per heavy atom. The number of nitrogens with one attached hydrogen (secondary N) is 1. The lowest BCUT2D eigenvalue weighted by Crippen LogP contribution is -2.37. The van der Waals surface area contributed by atoms with E-state index < -0.39 is 0 Å². The van der Waals surface area contributed by atoms with Gasteiger partial charge in [0.1, 0.15) is 0 Å². The molecule has 0 saturated carbocycles. The molecule has 0 aromatic carbocycles. The zero-order chi connectivity index (χ0) is 9.54. The van der Waals surface area contributed by atoms with Crippen LogP contribution in [0.3, 0.4) is 0 Å². The highest BCUT2D eigenvalue weighted by atomic mass is 79.9. The van der Waals surface area contributed by atoms with Crippen molar-refractivity contribution in [2.24, 2.45) is 4.99 Å². The predicted octanol–water partition coefficient (Wildman–Crippen LogP) is 2.24. The zero-order valence-corrected chi connectivity index (χ0v) is 10.1. The van der Waals surface area contributed by atoms with Crippen LogP contribution in [-0.2, 0) is 6.42 Å². The van der Waals surface area contributed by atoms with Crippen LogP contribution in [0.4, 0.5) is 0 Å². The monoisotopic (exact) mass is 270 g/mol. The molecule has 4 heteroatoms. The molecule has 2 nitrogen and oxygen atoms in total. The van der Waals surface area contributed by atoms with Crippen LogP contribution in [0.5, 0.6) is 0 Å². The number of fused-ring (bicyclic) bond motifs is 3. The molecule has 0 fully saturated rings. The van der Waals surface area contributed by atoms with Crippen LogP contribution in [0.2, 0.25) is 0 Å². The molecule has 1 aromatic rings. The maximum absolute atomic E-state index is 4.66. The van der Waals surface area contributed by atoms with Gasteiger partial charge in [-0.05, 0) is 12.0 Å². The maximum Gasteiger partial charge on any atom is 0.0601 e. The first-order valence-electron chi connectivity index (χ1n) is 4.82. The molecule has 0 amide bonds. The standard InChI is InChI=1S/C10H11BrN2S/c11-8-3-6-4-12-5-7(6)9-10(8)14-2-1-13-9/h4-5,8,10,12H,1-3H2. The molecule has 2 heterocycles. The molecule has 1 aliphatic carbocycles. The fourth-order valence-electron chi connectivity index (χ4n) is 2.15. The van der Waals surface area contributed by atoms with E-state index in [1.165, 1.54) is 16.8 Å². The molecule has 1 aromatic heterocycles. The van der Waals surface area contributed by atoms with Gasteiger partial charge >= 0.3 is 0 Å². The molecule has 14 heavy (non-hydrogen) atoms. The van der Waals surface area contributed by atoms with Crippen molar-refractivity contribution in [1.82, 2.24) is 4.98 Å². The Balaban J connectivity index is 2.11. The third kappa shape index (κ3) is 1.27. The van der Waals surface area contributed by atoms with Crippen molar-refractivity contribution in [3.63, 3.8) is 0 Å². The van der Waals surface area contributed by atoms with Gasteiger partial charge in [-0.15, -0.1) is 11.8 Å². The molecule has 0 radical (unpaired) electrons. The van der Waals surface area contributed by atoms with E-state index in [0.29, 0.717) is 10.1 Å². The predicted molar refractivity (Wildman–Crippen MR) is 64.9 cm³/mol.